The van der Waals surface area contributed by atoms with Gasteiger partial charge in [0.05, 0.1) is 31.8 Å². The number of nitro benzene ring substituents is 2. The van der Waals surface area contributed by atoms with Gasteiger partial charge in [-0.1, -0.05) is 6.07 Å². The molecule has 1 N–H and O–H groups in total. The Morgan fingerprint density at radius 2 is 1.68 bits per heavy atom. The number of anilines is 1. The molecule has 3 aromatic rings. The Morgan fingerprint density at radius 1 is 0.951 bits per heavy atom. The van der Waals surface area contributed by atoms with E-state index in [-0.39, 0.29) is 29.4 Å². The van der Waals surface area contributed by atoms with Crippen LogP contribution in [-0.2, 0) is 9.59 Å². The predicted octanol–water partition coefficient (Wildman–Crippen LogP) is 5.58. The van der Waals surface area contributed by atoms with Crippen molar-refractivity contribution in [2.24, 2.45) is 0 Å². The third kappa shape index (κ3) is 6.01. The van der Waals surface area contributed by atoms with Crippen molar-refractivity contribution in [1.29, 1.82) is 0 Å². The highest BCUT2D eigenvalue weighted by Gasteiger charge is 2.37. The van der Waals surface area contributed by atoms with E-state index < -0.39 is 39.1 Å². The number of non-ortho nitro benzene ring substituents is 1. The normalized spacial score (nSPS) is 14.2. The lowest BCUT2D eigenvalue weighted by atomic mass is 10.0. The van der Waals surface area contributed by atoms with Gasteiger partial charge >= 0.3 is 11.7 Å². The third-order valence-corrected chi connectivity index (χ3v) is 6.86. The summed E-state index contributed by atoms with van der Waals surface area (Å²) in [6.45, 7) is 5.58. The number of urea groups is 1. The van der Waals surface area contributed by atoms with Crippen LogP contribution < -0.4 is 19.7 Å². The lowest BCUT2D eigenvalue weighted by Crippen LogP contribution is -2.54. The quantitative estimate of drug-likeness (QED) is 0.105. The summed E-state index contributed by atoms with van der Waals surface area (Å²) in [5, 5.41) is 24.8. The Labute approximate surface area is 246 Å². The van der Waals surface area contributed by atoms with E-state index in [1.165, 1.54) is 12.1 Å². The van der Waals surface area contributed by atoms with Crippen molar-refractivity contribution >= 4 is 63.6 Å². The number of barbiturate groups is 1. The Morgan fingerprint density at radius 3 is 2.32 bits per heavy atom. The number of nitrogens with one attached hydrogen (secondary N) is 1. The van der Waals surface area contributed by atoms with E-state index in [0.717, 1.165) is 34.2 Å². The minimum absolute atomic E-state index is 0.0814. The number of nitro groups is 2. The molecular formula is C27H21IN4O9. The fraction of sp³-hybridized carbons (Fsp3) is 0.148. The minimum atomic E-state index is -0.880. The number of carbonyl (C=O) groups excluding carboxylic acids is 3. The number of carbonyl (C=O) groups is 3. The monoisotopic (exact) mass is 672 g/mol. The number of ether oxygens (including phenoxy) is 2. The summed E-state index contributed by atoms with van der Waals surface area (Å²) in [6, 6.07) is 10.1. The number of hydrogen-bond donors (Lipinski definition) is 1. The second-order valence-electron chi connectivity index (χ2n) is 8.76. The highest BCUT2D eigenvalue weighted by atomic mass is 127. The summed E-state index contributed by atoms with van der Waals surface area (Å²) in [6.07, 6.45) is 1.29. The number of rotatable bonds is 8. The number of nitrogens with zero attached hydrogens (tertiary/aromatic N) is 3. The van der Waals surface area contributed by atoms with Crippen LogP contribution in [0.15, 0.2) is 54.1 Å². The first-order valence-electron chi connectivity index (χ1n) is 12.0. The summed E-state index contributed by atoms with van der Waals surface area (Å²) < 4.78 is 11.9. The lowest BCUT2D eigenvalue weighted by molar-refractivity contribution is -0.394. The minimum Gasteiger partial charge on any atom is -0.490 e. The highest BCUT2D eigenvalue weighted by Crippen LogP contribution is 2.42. The first kappa shape index (κ1) is 29.1. The molecule has 0 spiro atoms. The summed E-state index contributed by atoms with van der Waals surface area (Å²) in [4.78, 5) is 60.6. The van der Waals surface area contributed by atoms with Crippen LogP contribution in [0.25, 0.3) is 6.08 Å². The zero-order valence-corrected chi connectivity index (χ0v) is 24.0. The van der Waals surface area contributed by atoms with Crippen molar-refractivity contribution in [1.82, 2.24) is 5.32 Å². The molecule has 0 bridgehead atoms. The number of benzene rings is 3. The van der Waals surface area contributed by atoms with Gasteiger partial charge in [0.2, 0.25) is 5.75 Å². The zero-order chi connectivity index (χ0) is 30.0. The Balaban J connectivity index is 1.74. The average Bonchev–Trinajstić information content (AvgIpc) is 2.90. The van der Waals surface area contributed by atoms with Crippen molar-refractivity contribution in [2.45, 2.75) is 20.8 Å². The van der Waals surface area contributed by atoms with Crippen LogP contribution >= 0.6 is 22.6 Å². The van der Waals surface area contributed by atoms with Gasteiger partial charge in [-0.15, -0.1) is 0 Å². The Kier molecular flexibility index (Phi) is 8.32. The fourth-order valence-electron chi connectivity index (χ4n) is 3.91. The molecule has 3 aromatic carbocycles. The van der Waals surface area contributed by atoms with E-state index in [1.54, 1.807) is 31.2 Å². The van der Waals surface area contributed by atoms with Crippen LogP contribution in [0.5, 0.6) is 17.2 Å². The first-order valence-corrected chi connectivity index (χ1v) is 13.0. The molecule has 1 heterocycles. The standard InChI is InChI=1S/C27H21IN4O9/c1-4-40-23-12-16(11-20(28)24(23)41-22-8-7-18(31(36)37)13-21(22)32(38)39)10-19-25(33)29-27(35)30(26(19)34)17-6-5-14(2)15(3)9-17/h5-13H,4H2,1-3H3,(H,29,33,35)/b19-10+. The molecule has 210 valence electrons. The highest BCUT2D eigenvalue weighted by molar-refractivity contribution is 14.1. The molecule has 0 aliphatic carbocycles. The number of hydrogen-bond acceptors (Lipinski definition) is 9. The molecule has 4 amide bonds. The van der Waals surface area contributed by atoms with E-state index in [2.05, 4.69) is 5.32 Å². The predicted molar refractivity (Wildman–Crippen MR) is 155 cm³/mol. The van der Waals surface area contributed by atoms with Gasteiger partial charge < -0.3 is 9.47 Å². The largest absolute Gasteiger partial charge is 0.490 e. The van der Waals surface area contributed by atoms with Crippen molar-refractivity contribution in [3.8, 4) is 17.2 Å². The van der Waals surface area contributed by atoms with Gasteiger partial charge in [0.1, 0.15) is 5.57 Å². The van der Waals surface area contributed by atoms with Crippen LogP contribution in [0.4, 0.5) is 21.9 Å². The summed E-state index contributed by atoms with van der Waals surface area (Å²) in [7, 11) is 0. The molecule has 4 rings (SSSR count). The van der Waals surface area contributed by atoms with Crippen molar-refractivity contribution in [2.75, 3.05) is 11.5 Å². The van der Waals surface area contributed by atoms with Crippen LogP contribution in [0, 0.1) is 37.6 Å². The molecule has 0 saturated carbocycles. The molecule has 1 fully saturated rings. The lowest BCUT2D eigenvalue weighted by Gasteiger charge is -2.27. The summed E-state index contributed by atoms with van der Waals surface area (Å²) in [5.74, 6) is -1.75. The van der Waals surface area contributed by atoms with Crippen molar-refractivity contribution in [3.05, 3.63) is 94.6 Å². The summed E-state index contributed by atoms with van der Waals surface area (Å²) in [5.41, 5.74) is 1.05. The van der Waals surface area contributed by atoms with Crippen LogP contribution in [0.2, 0.25) is 0 Å². The van der Waals surface area contributed by atoms with Gasteiger partial charge in [-0.25, -0.2) is 9.69 Å². The van der Waals surface area contributed by atoms with E-state index >= 15 is 0 Å². The molecule has 1 aliphatic heterocycles. The molecule has 0 aromatic heterocycles. The molecular weight excluding hydrogens is 651 g/mol. The molecule has 13 nitrogen and oxygen atoms in total. The molecule has 41 heavy (non-hydrogen) atoms. The molecule has 0 radical (unpaired) electrons. The number of imide groups is 2. The van der Waals surface area contributed by atoms with E-state index in [0.29, 0.717) is 14.8 Å². The van der Waals surface area contributed by atoms with E-state index in [9.17, 15) is 34.6 Å². The van der Waals surface area contributed by atoms with Gasteiger partial charge in [-0.3, -0.25) is 35.1 Å². The zero-order valence-electron chi connectivity index (χ0n) is 21.8. The average molecular weight is 672 g/mol. The maximum atomic E-state index is 13.3. The van der Waals surface area contributed by atoms with Crippen LogP contribution in [0.1, 0.15) is 23.6 Å². The van der Waals surface area contributed by atoms with E-state index in [1.807, 2.05) is 36.4 Å². The maximum Gasteiger partial charge on any atom is 0.335 e. The SMILES string of the molecule is CCOc1cc(/C=C2\C(=O)NC(=O)N(c3ccc(C)c(C)c3)C2=O)cc(I)c1Oc1ccc([N+](=O)[O-])cc1[N+](=O)[O-]. The molecule has 0 unspecified atom stereocenters. The molecule has 1 saturated heterocycles. The maximum absolute atomic E-state index is 13.3. The Hall–Kier alpha value is -4.86. The fourth-order valence-corrected chi connectivity index (χ4v) is 4.65. The first-order chi connectivity index (χ1) is 19.4. The number of amides is 4. The Bertz CT molecular complexity index is 1670. The van der Waals surface area contributed by atoms with Gasteiger partial charge in [-0.05, 0) is 96.5 Å². The number of aryl methyl sites for hydroxylation is 2. The third-order valence-electron chi connectivity index (χ3n) is 6.06. The van der Waals surface area contributed by atoms with Gasteiger partial charge in [-0.2, -0.15) is 0 Å². The van der Waals surface area contributed by atoms with Gasteiger partial charge in [0.25, 0.3) is 17.5 Å². The smallest absolute Gasteiger partial charge is 0.335 e. The van der Waals surface area contributed by atoms with Crippen LogP contribution in [-0.4, -0.2) is 34.3 Å². The van der Waals surface area contributed by atoms with E-state index in [4.69, 9.17) is 9.47 Å². The molecule has 14 heteroatoms. The van der Waals surface area contributed by atoms with Crippen LogP contribution in [0.3, 0.4) is 0 Å². The van der Waals surface area contributed by atoms with Gasteiger partial charge in [0.15, 0.2) is 11.5 Å². The van der Waals surface area contributed by atoms with Gasteiger partial charge in [0, 0.05) is 6.07 Å². The number of halogens is 1. The second kappa shape index (κ2) is 11.7. The topological polar surface area (TPSA) is 171 Å². The van der Waals surface area contributed by atoms with Crippen molar-refractivity contribution in [3.63, 3.8) is 0 Å². The second-order valence-corrected chi connectivity index (χ2v) is 9.92. The molecule has 1 aliphatic rings. The summed E-state index contributed by atoms with van der Waals surface area (Å²) >= 11 is 1.89. The molecule has 0 atom stereocenters. The van der Waals surface area contributed by atoms with Crippen molar-refractivity contribution < 1.29 is 33.7 Å².